The molecule has 0 rings (SSSR count). The third-order valence-corrected chi connectivity index (χ3v) is 4.21. The molecule has 0 saturated heterocycles. The quantitative estimate of drug-likeness (QED) is 0.194. The van der Waals surface area contributed by atoms with Gasteiger partial charge in [-0.05, 0) is 6.42 Å². The van der Waals surface area contributed by atoms with Gasteiger partial charge in [-0.15, -0.1) is 0 Å². The molecular formula is C16H20F12O3. The molecule has 186 valence electrons. The van der Waals surface area contributed by atoms with Crippen LogP contribution in [0.1, 0.15) is 45.4 Å². The first-order valence-corrected chi connectivity index (χ1v) is 8.84. The number of halogens is 12. The molecule has 3 nitrogen and oxygen atoms in total. The number of unbranched alkanes of at least 4 members (excludes halogenated alkanes) is 4. The molecule has 0 aromatic heterocycles. The topological polar surface area (TPSA) is 46.5 Å². The summed E-state index contributed by atoms with van der Waals surface area (Å²) in [6.45, 7) is -1.05. The first-order chi connectivity index (χ1) is 13.8. The SMILES string of the molecule is CCCCCCCC(F)(F)C(F)(F)C(F)(F)C(F)(F)C(F)(F)C(F)(F)C(=O)OCCO. The van der Waals surface area contributed by atoms with Crippen LogP contribution < -0.4 is 0 Å². The van der Waals surface area contributed by atoms with Crippen LogP contribution in [0.4, 0.5) is 52.7 Å². The van der Waals surface area contributed by atoms with Crippen LogP contribution in [-0.2, 0) is 9.53 Å². The number of esters is 1. The molecule has 0 aromatic carbocycles. The van der Waals surface area contributed by atoms with Gasteiger partial charge in [0.05, 0.1) is 6.61 Å². The summed E-state index contributed by atoms with van der Waals surface area (Å²) in [4.78, 5) is 10.8. The van der Waals surface area contributed by atoms with E-state index in [1.165, 1.54) is 0 Å². The van der Waals surface area contributed by atoms with Gasteiger partial charge in [-0.1, -0.05) is 32.6 Å². The normalized spacial score (nSPS) is 14.6. The molecule has 15 heteroatoms. The average molecular weight is 488 g/mol. The number of hydrogen-bond acceptors (Lipinski definition) is 3. The van der Waals surface area contributed by atoms with E-state index in [9.17, 15) is 57.5 Å². The summed E-state index contributed by atoms with van der Waals surface area (Å²) >= 11 is 0. The van der Waals surface area contributed by atoms with Crippen molar-refractivity contribution >= 4 is 5.97 Å². The summed E-state index contributed by atoms with van der Waals surface area (Å²) in [5.74, 6) is -46.7. The summed E-state index contributed by atoms with van der Waals surface area (Å²) in [5.41, 5.74) is 0. The Morgan fingerprint density at radius 2 is 1.16 bits per heavy atom. The molecule has 1 N–H and O–H groups in total. The molecule has 0 heterocycles. The number of carbonyl (C=O) groups is 1. The van der Waals surface area contributed by atoms with Gasteiger partial charge < -0.3 is 9.84 Å². The van der Waals surface area contributed by atoms with E-state index in [0.717, 1.165) is 0 Å². The van der Waals surface area contributed by atoms with E-state index in [1.54, 1.807) is 6.92 Å². The lowest BCUT2D eigenvalue weighted by molar-refractivity contribution is -0.421. The van der Waals surface area contributed by atoms with Gasteiger partial charge in [0, 0.05) is 6.42 Å². The van der Waals surface area contributed by atoms with Crippen LogP contribution in [0.5, 0.6) is 0 Å². The van der Waals surface area contributed by atoms with E-state index in [0.29, 0.717) is 12.8 Å². The maximum Gasteiger partial charge on any atom is 0.410 e. The Balaban J connectivity index is 5.93. The van der Waals surface area contributed by atoms with Crippen LogP contribution in [0.25, 0.3) is 0 Å². The van der Waals surface area contributed by atoms with Crippen LogP contribution >= 0.6 is 0 Å². The molecule has 0 spiro atoms. The molecule has 0 saturated carbocycles. The third kappa shape index (κ3) is 5.33. The molecule has 0 bridgehead atoms. The summed E-state index contributed by atoms with van der Waals surface area (Å²) in [6.07, 6.45) is -1.97. The monoisotopic (exact) mass is 488 g/mol. The van der Waals surface area contributed by atoms with E-state index >= 15 is 0 Å². The van der Waals surface area contributed by atoms with Crippen molar-refractivity contribution in [2.24, 2.45) is 0 Å². The highest BCUT2D eigenvalue weighted by Gasteiger charge is 2.91. The van der Waals surface area contributed by atoms with Gasteiger partial charge >= 0.3 is 41.5 Å². The second-order valence-corrected chi connectivity index (χ2v) is 6.60. The fourth-order valence-electron chi connectivity index (χ4n) is 2.29. The van der Waals surface area contributed by atoms with E-state index in [-0.39, 0.29) is 12.8 Å². The number of alkyl halides is 12. The van der Waals surface area contributed by atoms with Crippen LogP contribution in [0.3, 0.4) is 0 Å². The lowest BCUT2D eigenvalue weighted by Gasteiger charge is -2.40. The van der Waals surface area contributed by atoms with Gasteiger partial charge in [0.15, 0.2) is 0 Å². The van der Waals surface area contributed by atoms with Crippen LogP contribution in [0.2, 0.25) is 0 Å². The molecule has 31 heavy (non-hydrogen) atoms. The Hall–Kier alpha value is -1.41. The molecule has 0 unspecified atom stereocenters. The van der Waals surface area contributed by atoms with Crippen molar-refractivity contribution in [3.05, 3.63) is 0 Å². The predicted molar refractivity (Wildman–Crippen MR) is 81.1 cm³/mol. The Kier molecular flexibility index (Phi) is 9.57. The fourth-order valence-corrected chi connectivity index (χ4v) is 2.29. The Labute approximate surface area is 168 Å². The highest BCUT2D eigenvalue weighted by Crippen LogP contribution is 2.60. The molecule has 0 atom stereocenters. The van der Waals surface area contributed by atoms with Gasteiger partial charge in [-0.25, -0.2) is 4.79 Å². The minimum atomic E-state index is -7.82. The Bertz CT molecular complexity index is 592. The van der Waals surface area contributed by atoms with E-state index in [1.807, 2.05) is 0 Å². The smallest absolute Gasteiger partial charge is 0.410 e. The zero-order valence-electron chi connectivity index (χ0n) is 16.0. The van der Waals surface area contributed by atoms with E-state index < -0.39 is 67.6 Å². The first kappa shape index (κ1) is 29.6. The van der Waals surface area contributed by atoms with Crippen LogP contribution in [0.15, 0.2) is 0 Å². The van der Waals surface area contributed by atoms with Crippen LogP contribution in [-0.4, -0.2) is 59.8 Å². The lowest BCUT2D eigenvalue weighted by Crippen LogP contribution is -2.71. The van der Waals surface area contributed by atoms with Gasteiger partial charge in [-0.2, -0.15) is 52.7 Å². The highest BCUT2D eigenvalue weighted by molar-refractivity contribution is 5.79. The number of aliphatic hydroxyl groups excluding tert-OH is 1. The second kappa shape index (κ2) is 10.0. The Morgan fingerprint density at radius 3 is 1.61 bits per heavy atom. The standard InChI is InChI=1S/C16H20F12O3/c1-2-3-4-5-6-7-11(17,18)13(21,22)15(25,26)16(27,28)14(23,24)12(19,20)10(30)31-9-8-29/h29H,2-9H2,1H3. The highest BCUT2D eigenvalue weighted by atomic mass is 19.4. The van der Waals surface area contributed by atoms with Crippen molar-refractivity contribution in [2.45, 2.75) is 81.0 Å². The maximum atomic E-state index is 13.7. The average Bonchev–Trinajstić information content (AvgIpc) is 2.64. The van der Waals surface area contributed by atoms with Gasteiger partial charge in [0.1, 0.15) is 6.61 Å². The van der Waals surface area contributed by atoms with Crippen molar-refractivity contribution in [1.29, 1.82) is 0 Å². The van der Waals surface area contributed by atoms with Crippen molar-refractivity contribution < 1.29 is 67.3 Å². The first-order valence-electron chi connectivity index (χ1n) is 8.84. The van der Waals surface area contributed by atoms with Crippen LogP contribution in [0, 0.1) is 0 Å². The number of aliphatic hydroxyl groups is 1. The molecular weight excluding hydrogens is 468 g/mol. The van der Waals surface area contributed by atoms with Gasteiger partial charge in [0.25, 0.3) is 0 Å². The molecule has 0 aliphatic heterocycles. The van der Waals surface area contributed by atoms with Gasteiger partial charge in [0.2, 0.25) is 0 Å². The van der Waals surface area contributed by atoms with Gasteiger partial charge in [-0.3, -0.25) is 0 Å². The summed E-state index contributed by atoms with van der Waals surface area (Å²) in [6, 6.07) is 0. The van der Waals surface area contributed by atoms with Crippen molar-refractivity contribution in [3.8, 4) is 0 Å². The maximum absolute atomic E-state index is 13.7. The summed E-state index contributed by atoms with van der Waals surface area (Å²) < 4.78 is 166. The molecule has 0 amide bonds. The number of rotatable bonds is 14. The molecule has 0 aliphatic carbocycles. The third-order valence-electron chi connectivity index (χ3n) is 4.21. The fraction of sp³-hybridized carbons (Fsp3) is 0.938. The van der Waals surface area contributed by atoms with E-state index in [2.05, 4.69) is 4.74 Å². The molecule has 0 aliphatic rings. The van der Waals surface area contributed by atoms with Crippen molar-refractivity contribution in [1.82, 2.24) is 0 Å². The molecule has 0 fully saturated rings. The molecule has 0 aromatic rings. The predicted octanol–water partition coefficient (Wildman–Crippen LogP) is 5.69. The van der Waals surface area contributed by atoms with Crippen molar-refractivity contribution in [2.75, 3.05) is 13.2 Å². The molecule has 0 radical (unpaired) electrons. The number of carbonyl (C=O) groups excluding carboxylic acids is 1. The minimum absolute atomic E-state index is 0.199. The Morgan fingerprint density at radius 1 is 0.710 bits per heavy atom. The summed E-state index contributed by atoms with van der Waals surface area (Å²) in [5, 5.41) is 8.23. The second-order valence-electron chi connectivity index (χ2n) is 6.60. The number of ether oxygens (including phenoxy) is 1. The number of hydrogen-bond donors (Lipinski definition) is 1. The lowest BCUT2D eigenvalue weighted by atomic mass is 9.89. The minimum Gasteiger partial charge on any atom is -0.459 e. The zero-order valence-corrected chi connectivity index (χ0v) is 16.0. The van der Waals surface area contributed by atoms with E-state index in [4.69, 9.17) is 5.11 Å². The zero-order chi connectivity index (χ0) is 24.9. The largest absolute Gasteiger partial charge is 0.459 e. The van der Waals surface area contributed by atoms with Crippen molar-refractivity contribution in [3.63, 3.8) is 0 Å². The summed E-state index contributed by atoms with van der Waals surface area (Å²) in [7, 11) is 0.